The molecule has 0 rings (SSSR count). The lowest BCUT2D eigenvalue weighted by Gasteiger charge is -2.03. The zero-order chi connectivity index (χ0) is 7.98. The molecule has 58 valence electrons. The highest BCUT2D eigenvalue weighted by Gasteiger charge is 2.05. The van der Waals surface area contributed by atoms with Crippen molar-refractivity contribution in [1.29, 1.82) is 0 Å². The van der Waals surface area contributed by atoms with Gasteiger partial charge in [0.2, 0.25) is 5.91 Å². The maximum atomic E-state index is 10.7. The van der Waals surface area contributed by atoms with E-state index in [9.17, 15) is 4.79 Å². The van der Waals surface area contributed by atoms with E-state index < -0.39 is 5.38 Å². The molecule has 0 saturated heterocycles. The number of nitrogens with one attached hydrogen (secondary N) is 1. The van der Waals surface area contributed by atoms with E-state index in [-0.39, 0.29) is 5.91 Å². The lowest BCUT2D eigenvalue weighted by Crippen LogP contribution is -2.30. The molecule has 0 spiro atoms. The summed E-state index contributed by atoms with van der Waals surface area (Å²) in [7, 11) is 0. The molecule has 3 heteroatoms. The van der Waals surface area contributed by atoms with Crippen molar-refractivity contribution in [3.8, 4) is 0 Å². The Morgan fingerprint density at radius 1 is 1.90 bits per heavy atom. The topological polar surface area (TPSA) is 29.1 Å². The number of rotatable bonds is 4. The van der Waals surface area contributed by atoms with Gasteiger partial charge in [-0.2, -0.15) is 0 Å². The van der Waals surface area contributed by atoms with Gasteiger partial charge < -0.3 is 5.32 Å². The summed E-state index contributed by atoms with van der Waals surface area (Å²) in [6, 6.07) is 0. The minimum Gasteiger partial charge on any atom is -0.355 e. The van der Waals surface area contributed by atoms with E-state index in [0.29, 0.717) is 6.54 Å². The quantitative estimate of drug-likeness (QED) is 0.376. The summed E-state index contributed by atoms with van der Waals surface area (Å²) in [5, 5.41) is 2.20. The number of amides is 1. The fraction of sp³-hybridized carbons (Fsp3) is 0.571. The second-order valence-corrected chi connectivity index (χ2v) is 2.64. The zero-order valence-corrected chi connectivity index (χ0v) is 6.82. The molecular weight excluding hydrogens is 150 g/mol. The molecule has 1 atom stereocenters. The fourth-order valence-electron chi connectivity index (χ4n) is 0.438. The van der Waals surface area contributed by atoms with Crippen molar-refractivity contribution in [2.45, 2.75) is 18.7 Å². The van der Waals surface area contributed by atoms with Crippen molar-refractivity contribution in [2.75, 3.05) is 6.54 Å². The van der Waals surface area contributed by atoms with Gasteiger partial charge in [0.05, 0.1) is 0 Å². The van der Waals surface area contributed by atoms with E-state index >= 15 is 0 Å². The lowest BCUT2D eigenvalue weighted by atomic mass is 10.4. The molecule has 0 aliphatic heterocycles. The van der Waals surface area contributed by atoms with Crippen LogP contribution in [-0.4, -0.2) is 17.8 Å². The number of hydrogen-bond acceptors (Lipinski definition) is 1. The third-order valence-electron chi connectivity index (χ3n) is 1.01. The maximum absolute atomic E-state index is 10.7. The number of halogens is 1. The summed E-state index contributed by atoms with van der Waals surface area (Å²) in [6.07, 6.45) is 2.54. The molecule has 0 saturated carbocycles. The number of carbonyl (C=O) groups excluding carboxylic acids is 1. The van der Waals surface area contributed by atoms with Gasteiger partial charge in [0.25, 0.3) is 0 Å². The Balaban J connectivity index is 3.30. The van der Waals surface area contributed by atoms with Crippen LogP contribution in [0.1, 0.15) is 13.3 Å². The minimum atomic E-state index is -0.440. The van der Waals surface area contributed by atoms with Gasteiger partial charge in [0.15, 0.2) is 0 Å². The van der Waals surface area contributed by atoms with E-state index in [1.165, 1.54) is 0 Å². The number of alkyl halides is 1. The van der Waals surface area contributed by atoms with Gasteiger partial charge in [0, 0.05) is 6.54 Å². The molecule has 0 aromatic rings. The molecule has 0 bridgehead atoms. The average Bonchev–Trinajstić information content (AvgIpc) is 1.88. The lowest BCUT2D eigenvalue weighted by molar-refractivity contribution is -0.120. The zero-order valence-electron chi connectivity index (χ0n) is 6.06. The Bertz CT molecular complexity index is 123. The van der Waals surface area contributed by atoms with Crippen LogP contribution in [-0.2, 0) is 4.79 Å². The molecule has 0 aromatic heterocycles. The van der Waals surface area contributed by atoms with Crippen LogP contribution < -0.4 is 5.32 Å². The van der Waals surface area contributed by atoms with Crippen molar-refractivity contribution >= 4 is 17.5 Å². The SMILES string of the molecule is C=CCCNC(=O)C(C)Cl. The first-order valence-corrected chi connectivity index (χ1v) is 3.64. The highest BCUT2D eigenvalue weighted by Crippen LogP contribution is 1.91. The third-order valence-corrected chi connectivity index (χ3v) is 1.21. The molecule has 0 aliphatic rings. The highest BCUT2D eigenvalue weighted by molar-refractivity contribution is 6.30. The Labute approximate surface area is 66.3 Å². The molecule has 0 heterocycles. The van der Waals surface area contributed by atoms with Crippen LogP contribution in [0.4, 0.5) is 0 Å². The van der Waals surface area contributed by atoms with Crippen molar-refractivity contribution in [3.05, 3.63) is 12.7 Å². The van der Waals surface area contributed by atoms with E-state index in [2.05, 4.69) is 11.9 Å². The molecule has 0 fully saturated rings. The summed E-state index contributed by atoms with van der Waals surface area (Å²) in [5.41, 5.74) is 0. The van der Waals surface area contributed by atoms with Gasteiger partial charge in [-0.3, -0.25) is 4.79 Å². The largest absolute Gasteiger partial charge is 0.355 e. The molecule has 1 amide bonds. The van der Waals surface area contributed by atoms with Gasteiger partial charge in [-0.1, -0.05) is 6.08 Å². The summed E-state index contributed by atoms with van der Waals surface area (Å²) in [5.74, 6) is -0.122. The molecule has 2 nitrogen and oxygen atoms in total. The molecular formula is C7H12ClNO. The summed E-state index contributed by atoms with van der Waals surface area (Å²) in [6.45, 7) is 5.79. The molecule has 0 aliphatic carbocycles. The van der Waals surface area contributed by atoms with Crippen LogP contribution >= 0.6 is 11.6 Å². The predicted octanol–water partition coefficient (Wildman–Crippen LogP) is 1.31. The van der Waals surface area contributed by atoms with Crippen LogP contribution in [0.3, 0.4) is 0 Å². The van der Waals surface area contributed by atoms with Crippen molar-refractivity contribution in [2.24, 2.45) is 0 Å². The normalized spacial score (nSPS) is 12.2. The smallest absolute Gasteiger partial charge is 0.237 e. The number of hydrogen-bond donors (Lipinski definition) is 1. The fourth-order valence-corrected chi connectivity index (χ4v) is 0.515. The van der Waals surface area contributed by atoms with E-state index in [0.717, 1.165) is 6.42 Å². The van der Waals surface area contributed by atoms with E-state index in [4.69, 9.17) is 11.6 Å². The molecule has 10 heavy (non-hydrogen) atoms. The van der Waals surface area contributed by atoms with Gasteiger partial charge in [-0.25, -0.2) is 0 Å². The van der Waals surface area contributed by atoms with Crippen molar-refractivity contribution in [3.63, 3.8) is 0 Å². The van der Waals surface area contributed by atoms with Crippen LogP contribution in [0.15, 0.2) is 12.7 Å². The van der Waals surface area contributed by atoms with Gasteiger partial charge in [-0.15, -0.1) is 18.2 Å². The minimum absolute atomic E-state index is 0.122. The first-order chi connectivity index (χ1) is 4.68. The van der Waals surface area contributed by atoms with Crippen LogP contribution in [0.5, 0.6) is 0 Å². The molecule has 1 N–H and O–H groups in total. The molecule has 0 aromatic carbocycles. The Hall–Kier alpha value is -0.500. The highest BCUT2D eigenvalue weighted by atomic mass is 35.5. The Morgan fingerprint density at radius 2 is 2.50 bits per heavy atom. The maximum Gasteiger partial charge on any atom is 0.237 e. The second-order valence-electron chi connectivity index (χ2n) is 1.98. The van der Waals surface area contributed by atoms with Gasteiger partial charge in [-0.05, 0) is 13.3 Å². The first-order valence-electron chi connectivity index (χ1n) is 3.21. The van der Waals surface area contributed by atoms with E-state index in [1.807, 2.05) is 0 Å². The van der Waals surface area contributed by atoms with Crippen LogP contribution in [0.2, 0.25) is 0 Å². The van der Waals surface area contributed by atoms with Crippen molar-refractivity contribution in [1.82, 2.24) is 5.32 Å². The summed E-state index contributed by atoms with van der Waals surface area (Å²) >= 11 is 5.47. The van der Waals surface area contributed by atoms with Crippen LogP contribution in [0.25, 0.3) is 0 Å². The predicted molar refractivity (Wildman–Crippen MR) is 43.1 cm³/mol. The average molecular weight is 162 g/mol. The van der Waals surface area contributed by atoms with Crippen LogP contribution in [0, 0.1) is 0 Å². The van der Waals surface area contributed by atoms with Gasteiger partial charge >= 0.3 is 0 Å². The Kier molecular flexibility index (Phi) is 5.03. The summed E-state index contributed by atoms with van der Waals surface area (Å²) in [4.78, 5) is 10.7. The summed E-state index contributed by atoms with van der Waals surface area (Å²) < 4.78 is 0. The third kappa shape index (κ3) is 4.39. The first kappa shape index (κ1) is 9.50. The monoisotopic (exact) mass is 161 g/mol. The second kappa shape index (κ2) is 5.30. The molecule has 1 unspecified atom stereocenters. The number of carbonyl (C=O) groups is 1. The molecule has 0 radical (unpaired) electrons. The van der Waals surface area contributed by atoms with Gasteiger partial charge in [0.1, 0.15) is 5.38 Å². The van der Waals surface area contributed by atoms with E-state index in [1.54, 1.807) is 13.0 Å². The van der Waals surface area contributed by atoms with Crippen molar-refractivity contribution < 1.29 is 4.79 Å². The Morgan fingerprint density at radius 3 is 2.90 bits per heavy atom. The standard InChI is InChI=1S/C7H12ClNO/c1-3-4-5-9-7(10)6(2)8/h3,6H,1,4-5H2,2H3,(H,9,10).